The molecule has 0 saturated heterocycles. The monoisotopic (exact) mass is 194 g/mol. The summed E-state index contributed by atoms with van der Waals surface area (Å²) in [4.78, 5) is 10.9. The van der Waals surface area contributed by atoms with Gasteiger partial charge in [0.2, 0.25) is 0 Å². The van der Waals surface area contributed by atoms with Gasteiger partial charge in [-0.25, -0.2) is 0 Å². The van der Waals surface area contributed by atoms with Crippen LogP contribution >= 0.6 is 0 Å². The van der Waals surface area contributed by atoms with Crippen molar-refractivity contribution in [1.82, 2.24) is 0 Å². The lowest BCUT2D eigenvalue weighted by atomic mass is 9.84. The Bertz CT molecular complexity index is 203. The second-order valence-electron chi connectivity index (χ2n) is 5.51. The van der Waals surface area contributed by atoms with E-state index in [2.05, 4.69) is 13.8 Å². The van der Waals surface area contributed by atoms with Gasteiger partial charge in [-0.2, -0.15) is 0 Å². The van der Waals surface area contributed by atoms with E-state index in [1.54, 1.807) is 0 Å². The molecule has 0 aromatic rings. The standard InChI is InChI=1S/C13H22O/c1-9(2)12-11(8-14)13(12)10-6-4-3-5-7-10/h8-13H,3-7H2,1-2H3/t11-,12+,13+/m0/s1. The first-order valence-electron chi connectivity index (χ1n) is 6.21. The molecule has 1 heteroatoms. The molecule has 1 nitrogen and oxygen atoms in total. The maximum Gasteiger partial charge on any atom is 0.123 e. The summed E-state index contributed by atoms with van der Waals surface area (Å²) in [5, 5.41) is 0. The van der Waals surface area contributed by atoms with Crippen LogP contribution in [0, 0.1) is 29.6 Å². The predicted molar refractivity (Wildman–Crippen MR) is 57.9 cm³/mol. The molecule has 0 aliphatic heterocycles. The van der Waals surface area contributed by atoms with Crippen LogP contribution in [-0.2, 0) is 4.79 Å². The summed E-state index contributed by atoms with van der Waals surface area (Å²) < 4.78 is 0. The Balaban J connectivity index is 1.94. The van der Waals surface area contributed by atoms with Crippen molar-refractivity contribution in [3.63, 3.8) is 0 Å². The fourth-order valence-electron chi connectivity index (χ4n) is 3.60. The van der Waals surface area contributed by atoms with Crippen LogP contribution in [0.15, 0.2) is 0 Å². The molecule has 0 N–H and O–H groups in total. The second kappa shape index (κ2) is 4.04. The van der Waals surface area contributed by atoms with E-state index in [4.69, 9.17) is 0 Å². The predicted octanol–water partition coefficient (Wildman–Crippen LogP) is 3.28. The highest BCUT2D eigenvalue weighted by Crippen LogP contribution is 2.56. The average molecular weight is 194 g/mol. The molecule has 80 valence electrons. The van der Waals surface area contributed by atoms with Gasteiger partial charge >= 0.3 is 0 Å². The summed E-state index contributed by atoms with van der Waals surface area (Å²) in [5.41, 5.74) is 0. The Morgan fingerprint density at radius 1 is 1.14 bits per heavy atom. The molecule has 2 saturated carbocycles. The summed E-state index contributed by atoms with van der Waals surface area (Å²) in [6.07, 6.45) is 8.22. The third-order valence-electron chi connectivity index (χ3n) is 4.31. The Kier molecular flexibility index (Phi) is 2.94. The average Bonchev–Trinajstić information content (AvgIpc) is 2.93. The zero-order valence-corrected chi connectivity index (χ0v) is 9.41. The van der Waals surface area contributed by atoms with Gasteiger partial charge in [-0.05, 0) is 23.7 Å². The van der Waals surface area contributed by atoms with Crippen LogP contribution in [-0.4, -0.2) is 6.29 Å². The van der Waals surface area contributed by atoms with Gasteiger partial charge in [0.05, 0.1) is 0 Å². The summed E-state index contributed by atoms with van der Waals surface area (Å²) in [6.45, 7) is 4.54. The molecule has 0 amide bonds. The van der Waals surface area contributed by atoms with Crippen molar-refractivity contribution in [2.45, 2.75) is 46.0 Å². The number of aldehydes is 1. The fraction of sp³-hybridized carbons (Fsp3) is 0.923. The van der Waals surface area contributed by atoms with Crippen LogP contribution in [0.4, 0.5) is 0 Å². The van der Waals surface area contributed by atoms with E-state index in [1.165, 1.54) is 38.4 Å². The van der Waals surface area contributed by atoms with Crippen molar-refractivity contribution in [3.8, 4) is 0 Å². The van der Waals surface area contributed by atoms with Crippen LogP contribution < -0.4 is 0 Å². The number of rotatable bonds is 3. The molecule has 0 bridgehead atoms. The molecule has 0 aromatic heterocycles. The molecule has 14 heavy (non-hydrogen) atoms. The van der Waals surface area contributed by atoms with E-state index in [-0.39, 0.29) is 0 Å². The van der Waals surface area contributed by atoms with Crippen molar-refractivity contribution in [3.05, 3.63) is 0 Å². The van der Waals surface area contributed by atoms with Crippen molar-refractivity contribution in [2.75, 3.05) is 0 Å². The second-order valence-corrected chi connectivity index (χ2v) is 5.51. The van der Waals surface area contributed by atoms with Crippen LogP contribution in [0.2, 0.25) is 0 Å². The zero-order valence-electron chi connectivity index (χ0n) is 9.41. The lowest BCUT2D eigenvalue weighted by molar-refractivity contribution is -0.109. The van der Waals surface area contributed by atoms with E-state index in [1.807, 2.05) is 0 Å². The Labute approximate surface area is 87.3 Å². The SMILES string of the molecule is CC(C)[C@@H]1[C@H](C=O)[C@H]1C1CCCCC1. The van der Waals surface area contributed by atoms with Crippen molar-refractivity contribution < 1.29 is 4.79 Å². The third kappa shape index (κ3) is 1.74. The van der Waals surface area contributed by atoms with Gasteiger partial charge in [0.1, 0.15) is 6.29 Å². The first-order valence-corrected chi connectivity index (χ1v) is 6.21. The van der Waals surface area contributed by atoms with Gasteiger partial charge in [-0.15, -0.1) is 0 Å². The van der Waals surface area contributed by atoms with Crippen LogP contribution in [0.25, 0.3) is 0 Å². The molecule has 0 radical (unpaired) electrons. The molecular formula is C13H22O. The van der Waals surface area contributed by atoms with Crippen LogP contribution in [0.1, 0.15) is 46.0 Å². The van der Waals surface area contributed by atoms with Gasteiger partial charge in [0, 0.05) is 5.92 Å². The van der Waals surface area contributed by atoms with Crippen molar-refractivity contribution >= 4 is 6.29 Å². The maximum atomic E-state index is 10.9. The largest absolute Gasteiger partial charge is 0.303 e. The Hall–Kier alpha value is -0.330. The van der Waals surface area contributed by atoms with Gasteiger partial charge < -0.3 is 4.79 Å². The lowest BCUT2D eigenvalue weighted by Crippen LogP contribution is -2.11. The smallest absolute Gasteiger partial charge is 0.123 e. The van der Waals surface area contributed by atoms with E-state index in [0.717, 1.165) is 17.8 Å². The van der Waals surface area contributed by atoms with Gasteiger partial charge in [0.15, 0.2) is 0 Å². The Morgan fingerprint density at radius 3 is 2.21 bits per heavy atom. The van der Waals surface area contributed by atoms with Gasteiger partial charge in [0.25, 0.3) is 0 Å². The lowest BCUT2D eigenvalue weighted by Gasteiger charge is -2.22. The molecule has 2 rings (SSSR count). The summed E-state index contributed by atoms with van der Waals surface area (Å²) >= 11 is 0. The highest BCUT2D eigenvalue weighted by atomic mass is 16.1. The quantitative estimate of drug-likeness (QED) is 0.630. The summed E-state index contributed by atoms with van der Waals surface area (Å²) in [5.74, 6) is 3.48. The molecule has 0 spiro atoms. The minimum absolute atomic E-state index is 0.415. The number of hydrogen-bond donors (Lipinski definition) is 0. The normalized spacial score (nSPS) is 38.6. The van der Waals surface area contributed by atoms with Crippen molar-refractivity contribution in [1.29, 1.82) is 0 Å². The van der Waals surface area contributed by atoms with Gasteiger partial charge in [-0.3, -0.25) is 0 Å². The molecular weight excluding hydrogens is 172 g/mol. The summed E-state index contributed by atoms with van der Waals surface area (Å²) in [6, 6.07) is 0. The van der Waals surface area contributed by atoms with E-state index < -0.39 is 0 Å². The van der Waals surface area contributed by atoms with Crippen molar-refractivity contribution in [2.24, 2.45) is 29.6 Å². The third-order valence-corrected chi connectivity index (χ3v) is 4.31. The number of carbonyl (C=O) groups excluding carboxylic acids is 1. The highest BCUT2D eigenvalue weighted by molar-refractivity contribution is 5.59. The first kappa shape index (κ1) is 10.2. The fourth-order valence-corrected chi connectivity index (χ4v) is 3.60. The van der Waals surface area contributed by atoms with Crippen LogP contribution in [0.3, 0.4) is 0 Å². The minimum atomic E-state index is 0.415. The molecule has 3 atom stereocenters. The summed E-state index contributed by atoms with van der Waals surface area (Å²) in [7, 11) is 0. The Morgan fingerprint density at radius 2 is 1.79 bits per heavy atom. The number of hydrogen-bond acceptors (Lipinski definition) is 1. The molecule has 2 fully saturated rings. The molecule has 2 aliphatic rings. The zero-order chi connectivity index (χ0) is 10.1. The highest BCUT2D eigenvalue weighted by Gasteiger charge is 2.54. The number of carbonyl (C=O) groups is 1. The molecule has 2 aliphatic carbocycles. The van der Waals surface area contributed by atoms with Gasteiger partial charge in [-0.1, -0.05) is 46.0 Å². The van der Waals surface area contributed by atoms with E-state index in [9.17, 15) is 4.79 Å². The maximum absolute atomic E-state index is 10.9. The molecule has 0 heterocycles. The minimum Gasteiger partial charge on any atom is -0.303 e. The molecule has 0 unspecified atom stereocenters. The molecule has 0 aromatic carbocycles. The van der Waals surface area contributed by atoms with Crippen LogP contribution in [0.5, 0.6) is 0 Å². The topological polar surface area (TPSA) is 17.1 Å². The van der Waals surface area contributed by atoms with E-state index >= 15 is 0 Å². The first-order chi connectivity index (χ1) is 6.75. The van der Waals surface area contributed by atoms with E-state index in [0.29, 0.717) is 11.8 Å².